The van der Waals surface area contributed by atoms with E-state index >= 15 is 0 Å². The Labute approximate surface area is 124 Å². The van der Waals surface area contributed by atoms with Gasteiger partial charge in [0.25, 0.3) is 5.91 Å². The number of likely N-dealkylation sites (tertiary alicyclic amines) is 1. The predicted molar refractivity (Wildman–Crippen MR) is 76.4 cm³/mol. The van der Waals surface area contributed by atoms with Gasteiger partial charge in [0.2, 0.25) is 0 Å². The largest absolute Gasteiger partial charge is 0.467 e. The first-order chi connectivity index (χ1) is 10.3. The number of morpholine rings is 1. The molecule has 1 atom stereocenters. The molecule has 1 aromatic rings. The van der Waals surface area contributed by atoms with E-state index in [1.54, 1.807) is 6.07 Å². The zero-order chi connectivity index (χ0) is 14.7. The van der Waals surface area contributed by atoms with Crippen molar-refractivity contribution in [3.63, 3.8) is 0 Å². The first kappa shape index (κ1) is 14.5. The number of hydrogen-bond acceptors (Lipinski definition) is 6. The second-order valence-electron chi connectivity index (χ2n) is 5.56. The number of carbonyl (C=O) groups excluding carboxylic acids is 1. The topological polar surface area (TPSA) is 84.0 Å². The first-order valence-corrected chi connectivity index (χ1v) is 7.39. The number of furan rings is 1. The number of nitrogens with two attached hydrogens (primary N) is 1. The lowest BCUT2D eigenvalue weighted by molar-refractivity contribution is 0.0182. The maximum absolute atomic E-state index is 11.6. The molecule has 0 aliphatic carbocycles. The fraction of sp³-hybridized carbons (Fsp3) is 0.643. The number of nitrogen functional groups attached to an aromatic ring is 1. The van der Waals surface area contributed by atoms with Crippen molar-refractivity contribution in [3.05, 3.63) is 23.7 Å². The molecule has 0 spiro atoms. The van der Waals surface area contributed by atoms with Crippen LogP contribution in [0.15, 0.2) is 16.7 Å². The molecule has 3 rings (SSSR count). The van der Waals surface area contributed by atoms with Crippen LogP contribution in [-0.2, 0) is 11.3 Å². The predicted octanol–water partition coefficient (Wildman–Crippen LogP) is -0.210. The van der Waals surface area contributed by atoms with Crippen LogP contribution in [0.4, 0.5) is 0 Å². The number of nitrogens with one attached hydrogen (secondary N) is 1. The summed E-state index contributed by atoms with van der Waals surface area (Å²) in [6, 6.07) is 2.24. The molecular formula is C14H22N4O3. The Bertz CT molecular complexity index is 484. The molecular weight excluding hydrogens is 272 g/mol. The molecule has 1 aromatic heterocycles. The SMILES string of the molecule is NNC(=O)c1ccoc1CN1CCC(N2CCOCC2)C1. The molecule has 3 N–H and O–H groups in total. The molecule has 0 aromatic carbocycles. The van der Waals surface area contributed by atoms with Crippen molar-refractivity contribution in [3.8, 4) is 0 Å². The Balaban J connectivity index is 1.57. The number of hydrogen-bond donors (Lipinski definition) is 2. The average molecular weight is 294 g/mol. The van der Waals surface area contributed by atoms with Gasteiger partial charge in [0.05, 0.1) is 31.6 Å². The lowest BCUT2D eigenvalue weighted by Crippen LogP contribution is -2.44. The van der Waals surface area contributed by atoms with Gasteiger partial charge in [-0.05, 0) is 12.5 Å². The van der Waals surface area contributed by atoms with Crippen molar-refractivity contribution < 1.29 is 13.9 Å². The second-order valence-corrected chi connectivity index (χ2v) is 5.56. The molecule has 116 valence electrons. The van der Waals surface area contributed by atoms with Crippen molar-refractivity contribution >= 4 is 5.91 Å². The van der Waals surface area contributed by atoms with Crippen LogP contribution in [0.1, 0.15) is 22.5 Å². The summed E-state index contributed by atoms with van der Waals surface area (Å²) in [6.07, 6.45) is 2.69. The minimum Gasteiger partial charge on any atom is -0.467 e. The summed E-state index contributed by atoms with van der Waals surface area (Å²) in [5, 5.41) is 0. The highest BCUT2D eigenvalue weighted by Gasteiger charge is 2.29. The van der Waals surface area contributed by atoms with E-state index in [0.717, 1.165) is 45.8 Å². The van der Waals surface area contributed by atoms with Crippen LogP contribution in [0.3, 0.4) is 0 Å². The molecule has 3 heterocycles. The quantitative estimate of drug-likeness (QED) is 0.454. The van der Waals surface area contributed by atoms with Crippen molar-refractivity contribution in [1.82, 2.24) is 15.2 Å². The third-order valence-corrected chi connectivity index (χ3v) is 4.30. The van der Waals surface area contributed by atoms with Gasteiger partial charge in [-0.1, -0.05) is 0 Å². The van der Waals surface area contributed by atoms with E-state index in [-0.39, 0.29) is 5.91 Å². The van der Waals surface area contributed by atoms with Crippen LogP contribution >= 0.6 is 0 Å². The number of amides is 1. The monoisotopic (exact) mass is 294 g/mol. The van der Waals surface area contributed by atoms with E-state index in [0.29, 0.717) is 23.9 Å². The van der Waals surface area contributed by atoms with Crippen LogP contribution in [0.25, 0.3) is 0 Å². The van der Waals surface area contributed by atoms with E-state index < -0.39 is 0 Å². The normalized spacial score (nSPS) is 24.3. The fourth-order valence-electron chi connectivity index (χ4n) is 3.14. The standard InChI is InChI=1S/C14H22N4O3/c15-16-14(19)12-2-6-21-13(12)10-17-3-1-11(9-17)18-4-7-20-8-5-18/h2,6,11H,1,3-5,7-10,15H2,(H,16,19). The summed E-state index contributed by atoms with van der Waals surface area (Å²) >= 11 is 0. The van der Waals surface area contributed by atoms with E-state index in [1.165, 1.54) is 6.26 Å². The number of nitrogens with zero attached hydrogens (tertiary/aromatic N) is 2. The van der Waals surface area contributed by atoms with Gasteiger partial charge in [-0.2, -0.15) is 0 Å². The van der Waals surface area contributed by atoms with Gasteiger partial charge >= 0.3 is 0 Å². The van der Waals surface area contributed by atoms with Gasteiger partial charge in [-0.15, -0.1) is 0 Å². The highest BCUT2D eigenvalue weighted by Crippen LogP contribution is 2.21. The van der Waals surface area contributed by atoms with Gasteiger partial charge in [-0.3, -0.25) is 20.0 Å². The van der Waals surface area contributed by atoms with Crippen molar-refractivity contribution in [2.24, 2.45) is 5.84 Å². The van der Waals surface area contributed by atoms with E-state index in [2.05, 4.69) is 15.2 Å². The molecule has 0 saturated carbocycles. The van der Waals surface area contributed by atoms with Gasteiger partial charge < -0.3 is 9.15 Å². The van der Waals surface area contributed by atoms with Gasteiger partial charge in [0, 0.05) is 32.2 Å². The molecule has 1 unspecified atom stereocenters. The molecule has 2 aliphatic heterocycles. The van der Waals surface area contributed by atoms with Crippen LogP contribution in [0.2, 0.25) is 0 Å². The van der Waals surface area contributed by atoms with E-state index in [4.69, 9.17) is 15.0 Å². The van der Waals surface area contributed by atoms with Crippen molar-refractivity contribution in [2.75, 3.05) is 39.4 Å². The highest BCUT2D eigenvalue weighted by atomic mass is 16.5. The lowest BCUT2D eigenvalue weighted by Gasteiger charge is -2.32. The number of hydrazine groups is 1. The van der Waals surface area contributed by atoms with Crippen LogP contribution in [-0.4, -0.2) is 61.1 Å². The Morgan fingerprint density at radius 2 is 2.19 bits per heavy atom. The Morgan fingerprint density at radius 1 is 1.38 bits per heavy atom. The molecule has 7 heteroatoms. The molecule has 0 radical (unpaired) electrons. The third-order valence-electron chi connectivity index (χ3n) is 4.30. The molecule has 0 bridgehead atoms. The van der Waals surface area contributed by atoms with Crippen molar-refractivity contribution in [1.29, 1.82) is 0 Å². The van der Waals surface area contributed by atoms with Gasteiger partial charge in [0.1, 0.15) is 5.76 Å². The van der Waals surface area contributed by atoms with E-state index in [9.17, 15) is 4.79 Å². The average Bonchev–Trinajstić information content (AvgIpc) is 3.17. The number of carbonyl (C=O) groups is 1. The summed E-state index contributed by atoms with van der Waals surface area (Å²) in [5.41, 5.74) is 2.67. The smallest absolute Gasteiger partial charge is 0.268 e. The maximum atomic E-state index is 11.6. The minimum atomic E-state index is -0.303. The minimum absolute atomic E-state index is 0.303. The Kier molecular flexibility index (Phi) is 4.54. The highest BCUT2D eigenvalue weighted by molar-refractivity contribution is 5.94. The molecule has 21 heavy (non-hydrogen) atoms. The van der Waals surface area contributed by atoms with Crippen molar-refractivity contribution in [2.45, 2.75) is 19.0 Å². The third kappa shape index (κ3) is 3.26. The van der Waals surface area contributed by atoms with E-state index in [1.807, 2.05) is 0 Å². The molecule has 2 fully saturated rings. The summed E-state index contributed by atoms with van der Waals surface area (Å²) in [6.45, 7) is 6.36. The Morgan fingerprint density at radius 3 is 2.95 bits per heavy atom. The number of rotatable bonds is 4. The molecule has 2 aliphatic rings. The maximum Gasteiger partial charge on any atom is 0.268 e. The first-order valence-electron chi connectivity index (χ1n) is 7.39. The summed E-state index contributed by atoms with van der Waals surface area (Å²) in [7, 11) is 0. The summed E-state index contributed by atoms with van der Waals surface area (Å²) in [4.78, 5) is 16.5. The molecule has 7 nitrogen and oxygen atoms in total. The zero-order valence-corrected chi connectivity index (χ0v) is 12.1. The van der Waals surface area contributed by atoms with Crippen LogP contribution in [0, 0.1) is 0 Å². The van der Waals surface area contributed by atoms with Gasteiger partial charge in [-0.25, -0.2) is 5.84 Å². The summed E-state index contributed by atoms with van der Waals surface area (Å²) < 4.78 is 10.8. The Hall–Kier alpha value is -1.41. The number of ether oxygens (including phenoxy) is 1. The lowest BCUT2D eigenvalue weighted by atomic mass is 10.2. The molecule has 1 amide bonds. The zero-order valence-electron chi connectivity index (χ0n) is 12.1. The van der Waals surface area contributed by atoms with Crippen LogP contribution < -0.4 is 11.3 Å². The van der Waals surface area contributed by atoms with Crippen LogP contribution in [0.5, 0.6) is 0 Å². The second kappa shape index (κ2) is 6.57. The summed E-state index contributed by atoms with van der Waals surface area (Å²) in [5.74, 6) is 5.56. The molecule has 2 saturated heterocycles. The van der Waals surface area contributed by atoms with Gasteiger partial charge in [0.15, 0.2) is 0 Å². The fourth-order valence-corrected chi connectivity index (χ4v) is 3.14.